The van der Waals surface area contributed by atoms with Crippen LogP contribution in [0.1, 0.15) is 0 Å². The SMILES string of the molecule is Nc1ccn(C/C=C\CCl)c(=O)n1. The molecule has 70 valence electrons. The van der Waals surface area contributed by atoms with E-state index >= 15 is 0 Å². The molecule has 0 bridgehead atoms. The monoisotopic (exact) mass is 199 g/mol. The van der Waals surface area contributed by atoms with Gasteiger partial charge in [0.05, 0.1) is 0 Å². The van der Waals surface area contributed by atoms with Gasteiger partial charge in [-0.2, -0.15) is 4.98 Å². The van der Waals surface area contributed by atoms with Crippen molar-refractivity contribution in [3.05, 3.63) is 34.9 Å². The summed E-state index contributed by atoms with van der Waals surface area (Å²) >= 11 is 5.42. The van der Waals surface area contributed by atoms with E-state index in [1.165, 1.54) is 4.57 Å². The number of nitrogens with two attached hydrogens (primary N) is 1. The lowest BCUT2D eigenvalue weighted by Crippen LogP contribution is -2.22. The van der Waals surface area contributed by atoms with Crippen LogP contribution in [-0.4, -0.2) is 15.4 Å². The summed E-state index contributed by atoms with van der Waals surface area (Å²) < 4.78 is 1.44. The maximum absolute atomic E-state index is 11.1. The van der Waals surface area contributed by atoms with Crippen molar-refractivity contribution in [2.75, 3.05) is 11.6 Å². The molecular formula is C8H10ClN3O. The summed E-state index contributed by atoms with van der Waals surface area (Å²) in [4.78, 5) is 14.7. The van der Waals surface area contributed by atoms with Crippen LogP contribution in [0.2, 0.25) is 0 Å². The molecule has 1 aromatic rings. The van der Waals surface area contributed by atoms with Gasteiger partial charge in [0.2, 0.25) is 0 Å². The van der Waals surface area contributed by atoms with Crippen LogP contribution in [-0.2, 0) is 6.54 Å². The molecule has 4 nitrogen and oxygen atoms in total. The first kappa shape index (κ1) is 9.80. The van der Waals surface area contributed by atoms with Crippen LogP contribution < -0.4 is 11.4 Å². The Morgan fingerprint density at radius 3 is 3.00 bits per heavy atom. The fraction of sp³-hybridized carbons (Fsp3) is 0.250. The second-order valence-electron chi connectivity index (χ2n) is 2.41. The van der Waals surface area contributed by atoms with E-state index in [1.807, 2.05) is 0 Å². The third-order valence-electron chi connectivity index (χ3n) is 1.45. The van der Waals surface area contributed by atoms with Gasteiger partial charge in [0.25, 0.3) is 0 Å². The van der Waals surface area contributed by atoms with Gasteiger partial charge in [-0.05, 0) is 6.07 Å². The van der Waals surface area contributed by atoms with Crippen LogP contribution >= 0.6 is 11.6 Å². The number of nitrogens with zero attached hydrogens (tertiary/aromatic N) is 2. The van der Waals surface area contributed by atoms with E-state index in [0.29, 0.717) is 12.4 Å². The predicted molar refractivity (Wildman–Crippen MR) is 52.8 cm³/mol. The van der Waals surface area contributed by atoms with Crippen LogP contribution in [0.3, 0.4) is 0 Å². The molecule has 1 rings (SSSR count). The van der Waals surface area contributed by atoms with Gasteiger partial charge in [-0.3, -0.25) is 4.57 Å². The second kappa shape index (κ2) is 4.67. The minimum atomic E-state index is -0.348. The van der Waals surface area contributed by atoms with E-state index in [2.05, 4.69) is 4.98 Å². The topological polar surface area (TPSA) is 60.9 Å². The minimum Gasteiger partial charge on any atom is -0.383 e. The van der Waals surface area contributed by atoms with E-state index in [0.717, 1.165) is 0 Å². The maximum atomic E-state index is 11.1. The zero-order valence-electron chi connectivity index (χ0n) is 6.98. The Bertz CT molecular complexity index is 359. The molecule has 0 aromatic carbocycles. The molecule has 0 radical (unpaired) electrons. The van der Waals surface area contributed by atoms with Crippen LogP contribution in [0.5, 0.6) is 0 Å². The summed E-state index contributed by atoms with van der Waals surface area (Å²) in [6.07, 6.45) is 5.17. The van der Waals surface area contributed by atoms with Gasteiger partial charge in [-0.15, -0.1) is 11.6 Å². The maximum Gasteiger partial charge on any atom is 0.349 e. The number of anilines is 1. The molecule has 5 heteroatoms. The van der Waals surface area contributed by atoms with E-state index in [9.17, 15) is 4.79 Å². The summed E-state index contributed by atoms with van der Waals surface area (Å²) in [5.41, 5.74) is 4.97. The molecule has 0 saturated heterocycles. The van der Waals surface area contributed by atoms with Crippen molar-refractivity contribution in [2.24, 2.45) is 0 Å². The molecule has 2 N–H and O–H groups in total. The molecule has 0 unspecified atom stereocenters. The number of nitrogen functional groups attached to an aromatic ring is 1. The molecule has 0 amide bonds. The van der Waals surface area contributed by atoms with Crippen molar-refractivity contribution in [3.63, 3.8) is 0 Å². The van der Waals surface area contributed by atoms with Crippen molar-refractivity contribution < 1.29 is 0 Å². The first-order valence-electron chi connectivity index (χ1n) is 3.78. The molecule has 0 aliphatic carbocycles. The molecule has 0 spiro atoms. The zero-order chi connectivity index (χ0) is 9.68. The Morgan fingerprint density at radius 1 is 1.62 bits per heavy atom. The van der Waals surface area contributed by atoms with Gasteiger partial charge in [-0.1, -0.05) is 12.2 Å². The minimum absolute atomic E-state index is 0.238. The number of aromatic nitrogens is 2. The van der Waals surface area contributed by atoms with E-state index in [4.69, 9.17) is 17.3 Å². The largest absolute Gasteiger partial charge is 0.383 e. The highest BCUT2D eigenvalue weighted by Gasteiger charge is 1.93. The third kappa shape index (κ3) is 2.91. The normalized spacial score (nSPS) is 10.8. The van der Waals surface area contributed by atoms with Crippen LogP contribution in [0.25, 0.3) is 0 Å². The Hall–Kier alpha value is -1.29. The van der Waals surface area contributed by atoms with Crippen LogP contribution in [0, 0.1) is 0 Å². The average Bonchev–Trinajstić information content (AvgIpc) is 2.09. The van der Waals surface area contributed by atoms with Gasteiger partial charge in [0.15, 0.2) is 0 Å². The summed E-state index contributed by atoms with van der Waals surface area (Å²) in [5.74, 6) is 0.680. The Morgan fingerprint density at radius 2 is 2.38 bits per heavy atom. The Kier molecular flexibility index (Phi) is 3.52. The lowest BCUT2D eigenvalue weighted by Gasteiger charge is -1.99. The molecule has 1 heterocycles. The molecule has 0 saturated carbocycles. The highest BCUT2D eigenvalue weighted by Crippen LogP contribution is 1.90. The lowest BCUT2D eigenvalue weighted by atomic mass is 10.5. The third-order valence-corrected chi connectivity index (χ3v) is 1.63. The van der Waals surface area contributed by atoms with Crippen molar-refractivity contribution >= 4 is 17.4 Å². The lowest BCUT2D eigenvalue weighted by molar-refractivity contribution is 0.745. The Labute approximate surface area is 80.7 Å². The van der Waals surface area contributed by atoms with Crippen LogP contribution in [0.4, 0.5) is 5.82 Å². The number of alkyl halides is 1. The molecule has 0 aliphatic heterocycles. The summed E-state index contributed by atoms with van der Waals surface area (Å²) in [6, 6.07) is 1.58. The number of halogens is 1. The Balaban J connectivity index is 2.78. The van der Waals surface area contributed by atoms with Crippen LogP contribution in [0.15, 0.2) is 29.2 Å². The van der Waals surface area contributed by atoms with Crippen molar-refractivity contribution in [2.45, 2.75) is 6.54 Å². The number of rotatable bonds is 3. The number of allylic oxidation sites excluding steroid dienone is 2. The van der Waals surface area contributed by atoms with Gasteiger partial charge >= 0.3 is 5.69 Å². The second-order valence-corrected chi connectivity index (χ2v) is 2.72. The molecular weight excluding hydrogens is 190 g/mol. The highest BCUT2D eigenvalue weighted by atomic mass is 35.5. The molecule has 0 atom stereocenters. The number of hydrogen-bond acceptors (Lipinski definition) is 3. The van der Waals surface area contributed by atoms with Crippen molar-refractivity contribution in [3.8, 4) is 0 Å². The molecule has 0 aliphatic rings. The standard InChI is InChI=1S/C8H10ClN3O/c9-4-1-2-5-12-6-3-7(10)11-8(12)13/h1-3,6H,4-5H2,(H2,10,11,13)/b2-1-. The van der Waals surface area contributed by atoms with Gasteiger partial charge in [0, 0.05) is 18.6 Å². The summed E-state index contributed by atoms with van der Waals surface area (Å²) in [6.45, 7) is 0.471. The fourth-order valence-corrected chi connectivity index (χ4v) is 0.958. The smallest absolute Gasteiger partial charge is 0.349 e. The quantitative estimate of drug-likeness (QED) is 0.574. The first-order valence-corrected chi connectivity index (χ1v) is 4.31. The van der Waals surface area contributed by atoms with Gasteiger partial charge in [-0.25, -0.2) is 4.79 Å². The number of hydrogen-bond donors (Lipinski definition) is 1. The zero-order valence-corrected chi connectivity index (χ0v) is 7.74. The average molecular weight is 200 g/mol. The van der Waals surface area contributed by atoms with Crippen molar-refractivity contribution in [1.82, 2.24) is 9.55 Å². The highest BCUT2D eigenvalue weighted by molar-refractivity contribution is 6.18. The van der Waals surface area contributed by atoms with E-state index in [1.54, 1.807) is 24.4 Å². The van der Waals surface area contributed by atoms with Gasteiger partial charge < -0.3 is 5.73 Å². The summed E-state index contributed by atoms with van der Waals surface area (Å²) in [7, 11) is 0. The molecule has 0 fully saturated rings. The summed E-state index contributed by atoms with van der Waals surface area (Å²) in [5, 5.41) is 0. The van der Waals surface area contributed by atoms with Crippen molar-refractivity contribution in [1.29, 1.82) is 0 Å². The molecule has 1 aromatic heterocycles. The first-order chi connectivity index (χ1) is 6.24. The fourth-order valence-electron chi connectivity index (χ4n) is 0.832. The van der Waals surface area contributed by atoms with E-state index < -0.39 is 0 Å². The van der Waals surface area contributed by atoms with Gasteiger partial charge in [0.1, 0.15) is 5.82 Å². The predicted octanol–water partition coefficient (Wildman–Crippen LogP) is 0.620. The van der Waals surface area contributed by atoms with E-state index in [-0.39, 0.29) is 11.5 Å². The molecule has 13 heavy (non-hydrogen) atoms.